The lowest BCUT2D eigenvalue weighted by molar-refractivity contribution is -0.119. The highest BCUT2D eigenvalue weighted by Crippen LogP contribution is 2.49. The second-order valence-electron chi connectivity index (χ2n) is 6.11. The number of phenolic OH excluding ortho intramolecular Hbond substituents is 1. The molecule has 3 atom stereocenters. The van der Waals surface area contributed by atoms with Gasteiger partial charge in [-0.05, 0) is 49.1 Å². The molecule has 1 amide bonds. The second kappa shape index (κ2) is 4.87. The second-order valence-corrected chi connectivity index (χ2v) is 6.11. The van der Waals surface area contributed by atoms with E-state index in [9.17, 15) is 9.90 Å². The summed E-state index contributed by atoms with van der Waals surface area (Å²) in [5.74, 6) is 2.63. The number of amides is 1. The standard InChI is InChI=1S/C16H21NO2/c1-17(14-3-2-4-15(18)10-14)16(19)9-13-8-11-5-6-12(13)7-11/h2-4,10-13,18H,5-9H2,1H3. The van der Waals surface area contributed by atoms with Crippen LogP contribution < -0.4 is 4.90 Å². The van der Waals surface area contributed by atoms with Crippen LogP contribution in [0.2, 0.25) is 0 Å². The van der Waals surface area contributed by atoms with Gasteiger partial charge in [-0.3, -0.25) is 4.79 Å². The number of carbonyl (C=O) groups excluding carboxylic acids is 1. The summed E-state index contributed by atoms with van der Waals surface area (Å²) >= 11 is 0. The van der Waals surface area contributed by atoms with E-state index in [2.05, 4.69) is 0 Å². The molecule has 1 aromatic rings. The van der Waals surface area contributed by atoms with Crippen molar-refractivity contribution in [1.29, 1.82) is 0 Å². The maximum absolute atomic E-state index is 12.3. The van der Waals surface area contributed by atoms with Gasteiger partial charge in [0, 0.05) is 25.2 Å². The number of carbonyl (C=O) groups is 1. The van der Waals surface area contributed by atoms with Crippen molar-refractivity contribution in [1.82, 2.24) is 0 Å². The molecule has 2 saturated carbocycles. The number of fused-ring (bicyclic) bond motifs is 2. The Balaban J connectivity index is 1.64. The molecule has 19 heavy (non-hydrogen) atoms. The highest BCUT2D eigenvalue weighted by molar-refractivity contribution is 5.93. The molecule has 3 heteroatoms. The maximum atomic E-state index is 12.3. The summed E-state index contributed by atoms with van der Waals surface area (Å²) in [6, 6.07) is 6.89. The summed E-state index contributed by atoms with van der Waals surface area (Å²) in [4.78, 5) is 14.0. The minimum atomic E-state index is 0.170. The van der Waals surface area contributed by atoms with Gasteiger partial charge >= 0.3 is 0 Å². The van der Waals surface area contributed by atoms with E-state index in [4.69, 9.17) is 0 Å². The Kier molecular flexibility index (Phi) is 3.21. The normalized spacial score (nSPS) is 28.6. The van der Waals surface area contributed by atoms with Crippen LogP contribution in [0, 0.1) is 17.8 Å². The highest BCUT2D eigenvalue weighted by atomic mass is 16.3. The van der Waals surface area contributed by atoms with Crippen molar-refractivity contribution in [3.63, 3.8) is 0 Å². The number of nitrogens with zero attached hydrogens (tertiary/aromatic N) is 1. The highest BCUT2D eigenvalue weighted by Gasteiger charge is 2.40. The number of hydrogen-bond acceptors (Lipinski definition) is 2. The molecule has 0 spiro atoms. The molecule has 102 valence electrons. The predicted molar refractivity (Wildman–Crippen MR) is 75.1 cm³/mol. The molecular weight excluding hydrogens is 238 g/mol. The molecule has 0 aliphatic heterocycles. The fourth-order valence-electron chi connectivity index (χ4n) is 3.83. The zero-order valence-electron chi connectivity index (χ0n) is 11.4. The average Bonchev–Trinajstić information content (AvgIpc) is 3.00. The molecule has 2 fully saturated rings. The quantitative estimate of drug-likeness (QED) is 0.905. The number of hydrogen-bond donors (Lipinski definition) is 1. The molecule has 0 radical (unpaired) electrons. The summed E-state index contributed by atoms with van der Waals surface area (Å²) in [5.41, 5.74) is 0.771. The lowest BCUT2D eigenvalue weighted by Gasteiger charge is -2.24. The van der Waals surface area contributed by atoms with Crippen LogP contribution >= 0.6 is 0 Å². The van der Waals surface area contributed by atoms with E-state index in [-0.39, 0.29) is 11.7 Å². The Hall–Kier alpha value is -1.51. The molecule has 1 aromatic carbocycles. The molecular formula is C16H21NO2. The van der Waals surface area contributed by atoms with Gasteiger partial charge < -0.3 is 10.0 Å². The van der Waals surface area contributed by atoms with Crippen molar-refractivity contribution >= 4 is 11.6 Å². The van der Waals surface area contributed by atoms with Crippen LogP contribution in [-0.4, -0.2) is 18.1 Å². The number of phenols is 1. The Labute approximate surface area is 114 Å². The van der Waals surface area contributed by atoms with Crippen LogP contribution in [-0.2, 0) is 4.79 Å². The third kappa shape index (κ3) is 2.46. The van der Waals surface area contributed by atoms with Crippen LogP contribution in [0.4, 0.5) is 5.69 Å². The molecule has 0 heterocycles. The fraction of sp³-hybridized carbons (Fsp3) is 0.562. The van der Waals surface area contributed by atoms with Crippen molar-refractivity contribution in [2.45, 2.75) is 32.1 Å². The summed E-state index contributed by atoms with van der Waals surface area (Å²) in [6.07, 6.45) is 5.93. The first-order chi connectivity index (χ1) is 9.13. The SMILES string of the molecule is CN(C(=O)CC1CC2CCC1C2)c1cccc(O)c1. The number of aromatic hydroxyl groups is 1. The van der Waals surface area contributed by atoms with Gasteiger partial charge in [-0.2, -0.15) is 0 Å². The zero-order chi connectivity index (χ0) is 13.4. The third-order valence-corrected chi connectivity index (χ3v) is 4.91. The van der Waals surface area contributed by atoms with Crippen LogP contribution in [0.5, 0.6) is 5.75 Å². The molecule has 3 unspecified atom stereocenters. The van der Waals surface area contributed by atoms with E-state index in [1.165, 1.54) is 25.7 Å². The Bertz CT molecular complexity index is 485. The molecule has 3 rings (SSSR count). The van der Waals surface area contributed by atoms with Crippen molar-refractivity contribution in [2.75, 3.05) is 11.9 Å². The van der Waals surface area contributed by atoms with E-state index >= 15 is 0 Å². The smallest absolute Gasteiger partial charge is 0.227 e. The Morgan fingerprint density at radius 2 is 2.21 bits per heavy atom. The van der Waals surface area contributed by atoms with E-state index in [0.717, 1.165) is 17.5 Å². The van der Waals surface area contributed by atoms with E-state index in [1.807, 2.05) is 6.07 Å². The van der Waals surface area contributed by atoms with E-state index in [0.29, 0.717) is 12.3 Å². The summed E-state index contributed by atoms with van der Waals surface area (Å²) in [7, 11) is 1.80. The van der Waals surface area contributed by atoms with Crippen LogP contribution in [0.15, 0.2) is 24.3 Å². The Morgan fingerprint density at radius 1 is 1.37 bits per heavy atom. The summed E-state index contributed by atoms with van der Waals surface area (Å²) < 4.78 is 0. The molecule has 2 aliphatic carbocycles. The molecule has 1 N–H and O–H groups in total. The van der Waals surface area contributed by atoms with Gasteiger partial charge in [0.2, 0.25) is 5.91 Å². The average molecular weight is 259 g/mol. The van der Waals surface area contributed by atoms with Gasteiger partial charge in [-0.1, -0.05) is 12.5 Å². The number of anilines is 1. The molecule has 2 aliphatic rings. The van der Waals surface area contributed by atoms with E-state index in [1.54, 1.807) is 30.1 Å². The fourth-order valence-corrected chi connectivity index (χ4v) is 3.83. The first-order valence-corrected chi connectivity index (χ1v) is 7.19. The largest absolute Gasteiger partial charge is 0.508 e. The number of benzene rings is 1. The minimum absolute atomic E-state index is 0.170. The van der Waals surface area contributed by atoms with Gasteiger partial charge in [0.05, 0.1) is 0 Å². The van der Waals surface area contributed by atoms with Gasteiger partial charge in [0.25, 0.3) is 0 Å². The zero-order valence-corrected chi connectivity index (χ0v) is 11.4. The van der Waals surface area contributed by atoms with Crippen molar-refractivity contribution in [2.24, 2.45) is 17.8 Å². The molecule has 0 aromatic heterocycles. The van der Waals surface area contributed by atoms with Crippen LogP contribution in [0.3, 0.4) is 0 Å². The van der Waals surface area contributed by atoms with Crippen molar-refractivity contribution in [3.8, 4) is 5.75 Å². The first-order valence-electron chi connectivity index (χ1n) is 7.19. The van der Waals surface area contributed by atoms with Crippen LogP contribution in [0.1, 0.15) is 32.1 Å². The molecule has 3 nitrogen and oxygen atoms in total. The van der Waals surface area contributed by atoms with Gasteiger partial charge in [0.1, 0.15) is 5.75 Å². The lowest BCUT2D eigenvalue weighted by Crippen LogP contribution is -2.29. The van der Waals surface area contributed by atoms with Crippen LogP contribution in [0.25, 0.3) is 0 Å². The predicted octanol–water partition coefficient (Wildman–Crippen LogP) is 3.18. The van der Waals surface area contributed by atoms with Gasteiger partial charge in [-0.25, -0.2) is 0 Å². The summed E-state index contributed by atoms with van der Waals surface area (Å²) in [6.45, 7) is 0. The van der Waals surface area contributed by atoms with Gasteiger partial charge in [-0.15, -0.1) is 0 Å². The topological polar surface area (TPSA) is 40.5 Å². The first kappa shape index (κ1) is 12.5. The van der Waals surface area contributed by atoms with Gasteiger partial charge in [0.15, 0.2) is 0 Å². The third-order valence-electron chi connectivity index (χ3n) is 4.91. The number of rotatable bonds is 3. The van der Waals surface area contributed by atoms with Crippen molar-refractivity contribution in [3.05, 3.63) is 24.3 Å². The van der Waals surface area contributed by atoms with Crippen molar-refractivity contribution < 1.29 is 9.90 Å². The minimum Gasteiger partial charge on any atom is -0.508 e. The monoisotopic (exact) mass is 259 g/mol. The van der Waals surface area contributed by atoms with E-state index < -0.39 is 0 Å². The lowest BCUT2D eigenvalue weighted by atomic mass is 9.86. The molecule has 0 saturated heterocycles. The molecule has 2 bridgehead atoms. The summed E-state index contributed by atoms with van der Waals surface area (Å²) in [5, 5.41) is 9.48. The Morgan fingerprint density at radius 3 is 2.84 bits per heavy atom. The maximum Gasteiger partial charge on any atom is 0.227 e.